The zero-order valence-electron chi connectivity index (χ0n) is 12.0. The van der Waals surface area contributed by atoms with Gasteiger partial charge in [-0.2, -0.15) is 0 Å². The molecule has 4 heteroatoms. The maximum atomic E-state index is 5.99. The molecule has 3 aromatic rings. The quantitative estimate of drug-likeness (QED) is 0.714. The second kappa shape index (κ2) is 5.90. The van der Waals surface area contributed by atoms with E-state index in [0.29, 0.717) is 0 Å². The minimum Gasteiger partial charge on any atom is -0.398 e. The molecule has 3 rings (SSSR count). The molecule has 0 fully saturated rings. The first kappa shape index (κ1) is 14.1. The molecule has 0 atom stereocenters. The number of aromatic nitrogens is 2. The average molecular weight is 344 g/mol. The molecule has 21 heavy (non-hydrogen) atoms. The van der Waals surface area contributed by atoms with E-state index in [1.807, 2.05) is 18.2 Å². The molecule has 0 spiro atoms. The fourth-order valence-corrected chi connectivity index (χ4v) is 3.00. The van der Waals surface area contributed by atoms with Crippen LogP contribution in [0.4, 0.5) is 5.69 Å². The number of para-hydroxylation sites is 2. The van der Waals surface area contributed by atoms with Gasteiger partial charge in [0.2, 0.25) is 0 Å². The fourth-order valence-electron chi connectivity index (χ4n) is 2.61. The third-order valence-corrected chi connectivity index (χ3v) is 4.61. The number of nitrogens with two attached hydrogens (primary N) is 1. The van der Waals surface area contributed by atoms with Crippen molar-refractivity contribution in [3.63, 3.8) is 0 Å². The van der Waals surface area contributed by atoms with E-state index in [-0.39, 0.29) is 0 Å². The van der Waals surface area contributed by atoms with Gasteiger partial charge in [0.1, 0.15) is 5.82 Å². The molecule has 0 radical (unpaired) electrons. The van der Waals surface area contributed by atoms with Crippen molar-refractivity contribution in [2.75, 3.05) is 5.73 Å². The number of nitrogen functional groups attached to an aromatic ring is 1. The first-order valence-electron chi connectivity index (χ1n) is 7.17. The van der Waals surface area contributed by atoms with Crippen LogP contribution in [0.15, 0.2) is 46.9 Å². The van der Waals surface area contributed by atoms with Crippen LogP contribution >= 0.6 is 15.9 Å². The van der Waals surface area contributed by atoms with Crippen LogP contribution in [-0.4, -0.2) is 9.55 Å². The van der Waals surface area contributed by atoms with E-state index in [1.54, 1.807) is 0 Å². The Morgan fingerprint density at radius 2 is 1.95 bits per heavy atom. The van der Waals surface area contributed by atoms with E-state index in [0.717, 1.165) is 40.9 Å². The highest BCUT2D eigenvalue weighted by Crippen LogP contribution is 2.26. The van der Waals surface area contributed by atoms with Gasteiger partial charge in [0.05, 0.1) is 17.6 Å². The van der Waals surface area contributed by atoms with Crippen LogP contribution in [0.25, 0.3) is 11.0 Å². The van der Waals surface area contributed by atoms with Gasteiger partial charge in [0.25, 0.3) is 0 Å². The van der Waals surface area contributed by atoms with Crippen LogP contribution < -0.4 is 5.73 Å². The first-order chi connectivity index (χ1) is 10.2. The molecule has 0 aliphatic rings. The summed E-state index contributed by atoms with van der Waals surface area (Å²) in [6.45, 7) is 2.96. The topological polar surface area (TPSA) is 43.8 Å². The lowest BCUT2D eigenvalue weighted by atomic mass is 10.2. The molecule has 0 amide bonds. The molecule has 0 aliphatic carbocycles. The third-order valence-electron chi connectivity index (χ3n) is 3.64. The van der Waals surface area contributed by atoms with Gasteiger partial charge >= 0.3 is 0 Å². The summed E-state index contributed by atoms with van der Waals surface area (Å²) < 4.78 is 3.27. The Morgan fingerprint density at radius 1 is 1.14 bits per heavy atom. The van der Waals surface area contributed by atoms with E-state index in [9.17, 15) is 0 Å². The number of imidazole rings is 1. The number of nitrogens with zero attached hydrogens (tertiary/aromatic N) is 2. The number of halogens is 1. The summed E-state index contributed by atoms with van der Waals surface area (Å²) in [7, 11) is 0. The molecule has 1 heterocycles. The molecule has 0 unspecified atom stereocenters. The van der Waals surface area contributed by atoms with Crippen LogP contribution in [0, 0.1) is 0 Å². The van der Waals surface area contributed by atoms with Crippen molar-refractivity contribution >= 4 is 32.7 Å². The van der Waals surface area contributed by atoms with Crippen LogP contribution in [0.3, 0.4) is 0 Å². The molecule has 2 N–H and O–H groups in total. The van der Waals surface area contributed by atoms with Crippen molar-refractivity contribution in [1.82, 2.24) is 9.55 Å². The summed E-state index contributed by atoms with van der Waals surface area (Å²) >= 11 is 3.59. The predicted molar refractivity (Wildman–Crippen MR) is 91.4 cm³/mol. The van der Waals surface area contributed by atoms with Crippen molar-refractivity contribution < 1.29 is 0 Å². The number of benzene rings is 2. The van der Waals surface area contributed by atoms with Gasteiger partial charge in [-0.1, -0.05) is 31.2 Å². The minimum atomic E-state index is 0.772. The summed E-state index contributed by atoms with van der Waals surface area (Å²) in [6.07, 6.45) is 2.07. The average Bonchev–Trinajstić information content (AvgIpc) is 2.82. The highest BCUT2D eigenvalue weighted by Gasteiger charge is 2.12. The number of hydrogen-bond acceptors (Lipinski definition) is 2. The maximum absolute atomic E-state index is 5.99. The molecule has 108 valence electrons. The highest BCUT2D eigenvalue weighted by atomic mass is 79.9. The number of hydrogen-bond donors (Lipinski definition) is 1. The monoisotopic (exact) mass is 343 g/mol. The lowest BCUT2D eigenvalue weighted by Gasteiger charge is -2.11. The van der Waals surface area contributed by atoms with Crippen molar-refractivity contribution in [3.05, 3.63) is 58.3 Å². The van der Waals surface area contributed by atoms with Crippen LogP contribution in [0.2, 0.25) is 0 Å². The van der Waals surface area contributed by atoms with Gasteiger partial charge in [-0.3, -0.25) is 0 Å². The van der Waals surface area contributed by atoms with Gasteiger partial charge in [-0.15, -0.1) is 0 Å². The number of aryl methyl sites for hydroxylation is 1. The van der Waals surface area contributed by atoms with E-state index >= 15 is 0 Å². The van der Waals surface area contributed by atoms with Gasteiger partial charge in [-0.25, -0.2) is 4.98 Å². The molecule has 0 bridgehead atoms. The second-order valence-corrected chi connectivity index (χ2v) is 5.97. The van der Waals surface area contributed by atoms with E-state index in [4.69, 9.17) is 10.7 Å². The Bertz CT molecular complexity index is 777. The third kappa shape index (κ3) is 2.68. The highest BCUT2D eigenvalue weighted by molar-refractivity contribution is 9.10. The van der Waals surface area contributed by atoms with Crippen LogP contribution in [-0.2, 0) is 13.0 Å². The summed E-state index contributed by atoms with van der Waals surface area (Å²) in [5.74, 6) is 1.13. The molecule has 0 saturated carbocycles. The smallest absolute Gasteiger partial charge is 0.110 e. The maximum Gasteiger partial charge on any atom is 0.110 e. The van der Waals surface area contributed by atoms with Gasteiger partial charge in [0.15, 0.2) is 0 Å². The largest absolute Gasteiger partial charge is 0.398 e. The number of anilines is 1. The summed E-state index contributed by atoms with van der Waals surface area (Å²) in [4.78, 5) is 4.77. The van der Waals surface area contributed by atoms with Crippen molar-refractivity contribution in [2.45, 2.75) is 26.3 Å². The van der Waals surface area contributed by atoms with Gasteiger partial charge in [0, 0.05) is 16.6 Å². The van der Waals surface area contributed by atoms with Crippen molar-refractivity contribution in [1.29, 1.82) is 0 Å². The molecule has 1 aromatic heterocycles. The molecular weight excluding hydrogens is 326 g/mol. The molecule has 2 aromatic carbocycles. The molecule has 3 nitrogen and oxygen atoms in total. The first-order valence-corrected chi connectivity index (χ1v) is 7.97. The minimum absolute atomic E-state index is 0.772. The molecule has 0 aliphatic heterocycles. The summed E-state index contributed by atoms with van der Waals surface area (Å²) in [6, 6.07) is 14.3. The Balaban J connectivity index is 2.10. The number of fused-ring (bicyclic) bond motifs is 1. The Hall–Kier alpha value is -1.81. The zero-order chi connectivity index (χ0) is 14.8. The van der Waals surface area contributed by atoms with Gasteiger partial charge in [-0.05, 0) is 46.1 Å². The predicted octanol–water partition coefficient (Wildman–Crippen LogP) is 4.38. The molecule has 0 saturated heterocycles. The van der Waals surface area contributed by atoms with Crippen LogP contribution in [0.5, 0.6) is 0 Å². The Kier molecular flexibility index (Phi) is 3.97. The Labute approximate surface area is 132 Å². The van der Waals surface area contributed by atoms with Crippen molar-refractivity contribution in [2.24, 2.45) is 0 Å². The van der Waals surface area contributed by atoms with Crippen LogP contribution in [0.1, 0.15) is 24.7 Å². The number of rotatable bonds is 4. The second-order valence-electron chi connectivity index (χ2n) is 5.17. The molecular formula is C17H18BrN3. The SMILES string of the molecule is CCCc1nc2ccccc2n1Cc1cccc(N)c1Br. The van der Waals surface area contributed by atoms with E-state index < -0.39 is 0 Å². The van der Waals surface area contributed by atoms with Crippen molar-refractivity contribution in [3.8, 4) is 0 Å². The van der Waals surface area contributed by atoms with E-state index in [2.05, 4.69) is 51.7 Å². The zero-order valence-corrected chi connectivity index (χ0v) is 13.6. The fraction of sp³-hybridized carbons (Fsp3) is 0.235. The summed E-state index contributed by atoms with van der Waals surface area (Å²) in [5, 5.41) is 0. The van der Waals surface area contributed by atoms with Gasteiger partial charge < -0.3 is 10.3 Å². The Morgan fingerprint density at radius 3 is 2.76 bits per heavy atom. The normalized spacial score (nSPS) is 11.1. The standard InChI is InChI=1S/C17H18BrN3/c1-2-6-16-20-14-9-3-4-10-15(14)21(16)11-12-7-5-8-13(19)17(12)18/h3-5,7-10H,2,6,11,19H2,1H3. The summed E-state index contributed by atoms with van der Waals surface area (Å²) in [5.41, 5.74) is 10.2. The lowest BCUT2D eigenvalue weighted by molar-refractivity contribution is 0.720. The lowest BCUT2D eigenvalue weighted by Crippen LogP contribution is -2.06. The van der Waals surface area contributed by atoms with E-state index in [1.165, 1.54) is 11.1 Å².